The van der Waals surface area contributed by atoms with Crippen molar-refractivity contribution in [2.45, 2.75) is 0 Å². The van der Waals surface area contributed by atoms with Crippen molar-refractivity contribution in [2.24, 2.45) is 5.73 Å². The van der Waals surface area contributed by atoms with E-state index in [1.165, 1.54) is 0 Å². The van der Waals surface area contributed by atoms with Gasteiger partial charge in [-0.25, -0.2) is 10.1 Å². The second-order valence-corrected chi connectivity index (χ2v) is 0.892. The Labute approximate surface area is 46.2 Å². The molecule has 0 aromatic carbocycles. The molecule has 0 atom stereocenters. The van der Waals surface area contributed by atoms with E-state index in [2.05, 4.69) is 11.1 Å². The summed E-state index contributed by atoms with van der Waals surface area (Å²) in [5.41, 5.74) is 4.58. The summed E-state index contributed by atoms with van der Waals surface area (Å²) in [5, 5.41) is 4.96. The van der Waals surface area contributed by atoms with Crippen LogP contribution < -0.4 is 16.4 Å². The Kier molecular flexibility index (Phi) is 3.30. The molecule has 0 aliphatic rings. The minimum absolute atomic E-state index is 0.288. The van der Waals surface area contributed by atoms with Crippen molar-refractivity contribution in [3.8, 4) is 0 Å². The van der Waals surface area contributed by atoms with E-state index in [-0.39, 0.29) is 6.41 Å². The number of nitrogens with two attached hydrogens (primary N) is 1. The highest BCUT2D eigenvalue weighted by molar-refractivity contribution is 5.72. The molecule has 5 heteroatoms. The van der Waals surface area contributed by atoms with Crippen molar-refractivity contribution >= 4 is 12.4 Å². The second-order valence-electron chi connectivity index (χ2n) is 0.892. The summed E-state index contributed by atoms with van der Waals surface area (Å²) in [6.07, 6.45) is 0.288. The zero-order chi connectivity index (χ0) is 6.41. The molecule has 5 nitrogen and oxygen atoms in total. The summed E-state index contributed by atoms with van der Waals surface area (Å²) in [6.45, 7) is 0.912. The molecule has 2 radical (unpaired) electrons. The van der Waals surface area contributed by atoms with Crippen molar-refractivity contribution in [3.05, 3.63) is 6.67 Å². The number of carbonyl (C=O) groups is 2. The zero-order valence-electron chi connectivity index (χ0n) is 4.00. The second kappa shape index (κ2) is 3.91. The Morgan fingerprint density at radius 1 is 1.75 bits per heavy atom. The lowest BCUT2D eigenvalue weighted by atomic mass is 10.9. The van der Waals surface area contributed by atoms with E-state index < -0.39 is 6.03 Å². The minimum Gasteiger partial charge on any atom is -0.352 e. The molecule has 0 fully saturated rings. The fraction of sp³-hybridized carbons (Fsp3) is 0. The number of hydrogen-bond acceptors (Lipinski definition) is 2. The van der Waals surface area contributed by atoms with Gasteiger partial charge in [-0.05, 0) is 0 Å². The largest absolute Gasteiger partial charge is 0.352 e. The molecule has 0 saturated carbocycles. The Bertz CT molecular complexity index is 92.5. The predicted molar refractivity (Wildman–Crippen MR) is 25.2 cm³/mol. The van der Waals surface area contributed by atoms with Crippen molar-refractivity contribution < 1.29 is 9.59 Å². The molecule has 0 heterocycles. The highest BCUT2D eigenvalue weighted by Crippen LogP contribution is 1.57. The van der Waals surface area contributed by atoms with Gasteiger partial charge in [0.2, 0.25) is 6.41 Å². The van der Waals surface area contributed by atoms with Crippen LogP contribution in [-0.2, 0) is 4.79 Å². The third kappa shape index (κ3) is 4.74. The molecule has 0 saturated heterocycles. The van der Waals surface area contributed by atoms with E-state index in [0.717, 1.165) is 6.67 Å². The maximum absolute atomic E-state index is 9.78. The van der Waals surface area contributed by atoms with Gasteiger partial charge in [-0.3, -0.25) is 4.79 Å². The number of rotatable bonds is 3. The smallest absolute Gasteiger partial charge is 0.313 e. The van der Waals surface area contributed by atoms with E-state index in [0.29, 0.717) is 0 Å². The average Bonchev–Trinajstić information content (AvgIpc) is 1.66. The summed E-state index contributed by atoms with van der Waals surface area (Å²) in [7, 11) is 0. The van der Waals surface area contributed by atoms with Crippen molar-refractivity contribution in [3.63, 3.8) is 0 Å². The molecule has 0 aliphatic heterocycles. The van der Waals surface area contributed by atoms with Crippen LogP contribution in [0.2, 0.25) is 0 Å². The van der Waals surface area contributed by atoms with Crippen LogP contribution in [0.5, 0.6) is 0 Å². The first-order chi connectivity index (χ1) is 3.77. The Hall–Kier alpha value is -1.26. The summed E-state index contributed by atoms with van der Waals surface area (Å²) in [4.78, 5) is 19.2. The molecule has 8 heavy (non-hydrogen) atoms. The standard InChI is InChI=1S/C3H5N3O2/c4-3(8)6-1-5-2-7/h1-2H,(H3,4,6,8). The van der Waals surface area contributed by atoms with Crippen LogP contribution in [0.3, 0.4) is 0 Å². The molecule has 0 rings (SSSR count). The van der Waals surface area contributed by atoms with Crippen LogP contribution >= 0.6 is 0 Å². The van der Waals surface area contributed by atoms with E-state index in [9.17, 15) is 9.59 Å². The third-order valence-electron chi connectivity index (χ3n) is 0.342. The molecule has 0 unspecified atom stereocenters. The lowest BCUT2D eigenvalue weighted by molar-refractivity contribution is -0.109. The highest BCUT2D eigenvalue weighted by Gasteiger charge is 1.87. The van der Waals surface area contributed by atoms with Crippen LogP contribution in [0.15, 0.2) is 0 Å². The Balaban J connectivity index is 2.93. The van der Waals surface area contributed by atoms with Gasteiger partial charge < -0.3 is 11.1 Å². The van der Waals surface area contributed by atoms with E-state index in [1.807, 2.05) is 5.32 Å². The van der Waals surface area contributed by atoms with Crippen LogP contribution in [0, 0.1) is 6.67 Å². The van der Waals surface area contributed by atoms with Crippen LogP contribution in [0.1, 0.15) is 0 Å². The number of primary amides is 1. The van der Waals surface area contributed by atoms with Crippen LogP contribution in [-0.4, -0.2) is 12.4 Å². The number of urea groups is 1. The summed E-state index contributed by atoms with van der Waals surface area (Å²) >= 11 is 0. The fourth-order valence-electron chi connectivity index (χ4n) is 0.131. The van der Waals surface area contributed by atoms with Gasteiger partial charge >= 0.3 is 6.03 Å². The van der Waals surface area contributed by atoms with Gasteiger partial charge in [0.25, 0.3) is 0 Å². The third-order valence-corrected chi connectivity index (χ3v) is 0.342. The molecule has 44 valence electrons. The molecule has 0 spiro atoms. The Morgan fingerprint density at radius 2 is 2.38 bits per heavy atom. The van der Waals surface area contributed by atoms with Gasteiger partial charge in [0.15, 0.2) is 6.67 Å². The van der Waals surface area contributed by atoms with Gasteiger partial charge in [0.05, 0.1) is 0 Å². The Morgan fingerprint density at radius 3 is 2.75 bits per heavy atom. The quantitative estimate of drug-likeness (QED) is 0.347. The molecule has 0 aromatic rings. The lowest BCUT2D eigenvalue weighted by Gasteiger charge is -1.91. The predicted octanol–water partition coefficient (Wildman–Crippen LogP) is -1.47. The maximum atomic E-state index is 9.78. The van der Waals surface area contributed by atoms with E-state index in [4.69, 9.17) is 0 Å². The first-order valence-corrected chi connectivity index (χ1v) is 1.78. The molecule has 3 N–H and O–H groups in total. The SMILES string of the molecule is NC(=O)N[CH][N]C=O. The molecule has 0 bridgehead atoms. The number of carbonyl (C=O) groups excluding carboxylic acids is 2. The molecular formula is C3H5N3O2. The number of nitrogens with zero attached hydrogens (tertiary/aromatic N) is 1. The normalized spacial score (nSPS) is 7.50. The number of hydrogen-bond donors (Lipinski definition) is 2. The van der Waals surface area contributed by atoms with Crippen LogP contribution in [0.25, 0.3) is 0 Å². The maximum Gasteiger partial charge on any atom is 0.313 e. The van der Waals surface area contributed by atoms with Gasteiger partial charge in [0.1, 0.15) is 0 Å². The summed E-state index contributed by atoms with van der Waals surface area (Å²) in [6, 6.07) is -0.740. The molecule has 0 aliphatic carbocycles. The van der Waals surface area contributed by atoms with E-state index in [1.54, 1.807) is 0 Å². The number of nitrogens with one attached hydrogen (secondary N) is 1. The van der Waals surface area contributed by atoms with Gasteiger partial charge in [0, 0.05) is 0 Å². The van der Waals surface area contributed by atoms with Crippen LogP contribution in [0.4, 0.5) is 4.79 Å². The summed E-state index contributed by atoms with van der Waals surface area (Å²) < 4.78 is 0. The first kappa shape index (κ1) is 6.74. The van der Waals surface area contributed by atoms with Gasteiger partial charge in [-0.15, -0.1) is 0 Å². The molecule has 0 aromatic heterocycles. The zero-order valence-corrected chi connectivity index (χ0v) is 4.00. The first-order valence-electron chi connectivity index (χ1n) is 1.78. The van der Waals surface area contributed by atoms with Crippen molar-refractivity contribution in [2.75, 3.05) is 0 Å². The monoisotopic (exact) mass is 115 g/mol. The average molecular weight is 115 g/mol. The summed E-state index contributed by atoms with van der Waals surface area (Å²) in [5.74, 6) is 0. The number of amides is 3. The lowest BCUT2D eigenvalue weighted by Crippen LogP contribution is -2.29. The highest BCUT2D eigenvalue weighted by atomic mass is 16.2. The molecule has 3 amide bonds. The van der Waals surface area contributed by atoms with Gasteiger partial charge in [-0.2, -0.15) is 0 Å². The topological polar surface area (TPSA) is 86.3 Å². The van der Waals surface area contributed by atoms with E-state index >= 15 is 0 Å². The van der Waals surface area contributed by atoms with Crippen molar-refractivity contribution in [1.82, 2.24) is 10.6 Å². The van der Waals surface area contributed by atoms with Gasteiger partial charge in [-0.1, -0.05) is 0 Å². The van der Waals surface area contributed by atoms with Crippen molar-refractivity contribution in [1.29, 1.82) is 0 Å². The fourth-order valence-corrected chi connectivity index (χ4v) is 0.131. The molecular weight excluding hydrogens is 110 g/mol. The minimum atomic E-state index is -0.740.